The number of anilines is 1. The minimum Gasteiger partial charge on any atom is -0.478 e. The molecule has 0 bridgehead atoms. The van der Waals surface area contributed by atoms with E-state index in [1.165, 1.54) is 12.1 Å². The third-order valence-electron chi connectivity index (χ3n) is 2.86. The Morgan fingerprint density at radius 2 is 2.16 bits per heavy atom. The van der Waals surface area contributed by atoms with Crippen LogP contribution < -0.4 is 10.6 Å². The smallest absolute Gasteiger partial charge is 0.335 e. The zero-order chi connectivity index (χ0) is 13.8. The molecule has 1 aromatic rings. The minimum absolute atomic E-state index is 0.0944. The van der Waals surface area contributed by atoms with Gasteiger partial charge in [-0.3, -0.25) is 4.79 Å². The van der Waals surface area contributed by atoms with Crippen LogP contribution >= 0.6 is 0 Å². The number of aromatic carboxylic acids is 1. The summed E-state index contributed by atoms with van der Waals surface area (Å²) < 4.78 is 0. The van der Waals surface area contributed by atoms with Crippen molar-refractivity contribution in [1.29, 1.82) is 0 Å². The van der Waals surface area contributed by atoms with Crippen molar-refractivity contribution in [1.82, 2.24) is 10.3 Å². The minimum atomic E-state index is -0.998. The van der Waals surface area contributed by atoms with Crippen LogP contribution in [0, 0.1) is 0 Å². The Bertz CT molecular complexity index is 498. The Labute approximate surface area is 111 Å². The molecule has 1 aliphatic rings. The van der Waals surface area contributed by atoms with Gasteiger partial charge >= 0.3 is 5.97 Å². The standard InChI is InChI=1S/C13H17N3O3/c1-2-9-5-8(13(18)19)6-11(15-9)14-7-12(17)16-10-3-4-10/h5-6,10H,2-4,7H2,1H3,(H,14,15)(H,16,17)(H,18,19). The summed E-state index contributed by atoms with van der Waals surface area (Å²) in [6.07, 6.45) is 2.72. The maximum Gasteiger partial charge on any atom is 0.335 e. The van der Waals surface area contributed by atoms with E-state index in [-0.39, 0.29) is 18.0 Å². The molecule has 19 heavy (non-hydrogen) atoms. The lowest BCUT2D eigenvalue weighted by atomic mass is 10.2. The molecule has 1 heterocycles. The topological polar surface area (TPSA) is 91.3 Å². The summed E-state index contributed by atoms with van der Waals surface area (Å²) in [7, 11) is 0. The van der Waals surface area contributed by atoms with Crippen molar-refractivity contribution in [3.05, 3.63) is 23.4 Å². The number of carbonyl (C=O) groups excluding carboxylic acids is 1. The third kappa shape index (κ3) is 3.94. The second kappa shape index (κ2) is 5.69. The Balaban J connectivity index is 1.99. The largest absolute Gasteiger partial charge is 0.478 e. The van der Waals surface area contributed by atoms with Crippen LogP contribution in [0.15, 0.2) is 12.1 Å². The van der Waals surface area contributed by atoms with E-state index in [0.29, 0.717) is 24.0 Å². The van der Waals surface area contributed by atoms with E-state index < -0.39 is 5.97 Å². The highest BCUT2D eigenvalue weighted by Crippen LogP contribution is 2.18. The van der Waals surface area contributed by atoms with E-state index in [9.17, 15) is 9.59 Å². The molecule has 2 rings (SSSR count). The van der Waals surface area contributed by atoms with Gasteiger partial charge in [-0.25, -0.2) is 9.78 Å². The van der Waals surface area contributed by atoms with Crippen LogP contribution in [0.1, 0.15) is 35.8 Å². The fourth-order valence-electron chi connectivity index (χ4n) is 1.66. The summed E-state index contributed by atoms with van der Waals surface area (Å²) in [5.74, 6) is -0.673. The first-order valence-corrected chi connectivity index (χ1v) is 6.36. The molecule has 3 N–H and O–H groups in total. The SMILES string of the molecule is CCc1cc(C(=O)O)cc(NCC(=O)NC2CC2)n1. The van der Waals surface area contributed by atoms with Crippen LogP contribution in [0.2, 0.25) is 0 Å². The quantitative estimate of drug-likeness (QED) is 0.713. The fourth-order valence-corrected chi connectivity index (χ4v) is 1.66. The number of amides is 1. The molecular formula is C13H17N3O3. The van der Waals surface area contributed by atoms with Crippen molar-refractivity contribution in [2.24, 2.45) is 0 Å². The highest BCUT2D eigenvalue weighted by atomic mass is 16.4. The summed E-state index contributed by atoms with van der Waals surface area (Å²) in [5, 5.41) is 14.7. The second-order valence-corrected chi connectivity index (χ2v) is 4.59. The number of pyridine rings is 1. The lowest BCUT2D eigenvalue weighted by molar-refractivity contribution is -0.119. The number of nitrogens with zero attached hydrogens (tertiary/aromatic N) is 1. The zero-order valence-electron chi connectivity index (χ0n) is 10.8. The van der Waals surface area contributed by atoms with Crippen LogP contribution in [0.25, 0.3) is 0 Å². The molecule has 0 spiro atoms. The van der Waals surface area contributed by atoms with Gasteiger partial charge in [-0.15, -0.1) is 0 Å². The summed E-state index contributed by atoms with van der Waals surface area (Å²) in [6.45, 7) is 2.01. The molecule has 1 amide bonds. The molecule has 0 unspecified atom stereocenters. The molecule has 6 nitrogen and oxygen atoms in total. The highest BCUT2D eigenvalue weighted by molar-refractivity contribution is 5.89. The lowest BCUT2D eigenvalue weighted by Gasteiger charge is -2.08. The number of aryl methyl sites for hydroxylation is 1. The van der Waals surface area contributed by atoms with E-state index in [4.69, 9.17) is 5.11 Å². The molecule has 0 atom stereocenters. The van der Waals surface area contributed by atoms with Crippen LogP contribution in [-0.4, -0.2) is 34.6 Å². The number of nitrogens with one attached hydrogen (secondary N) is 2. The fraction of sp³-hybridized carbons (Fsp3) is 0.462. The first-order valence-electron chi connectivity index (χ1n) is 6.36. The molecule has 102 valence electrons. The molecule has 0 radical (unpaired) electrons. The molecule has 6 heteroatoms. The van der Waals surface area contributed by atoms with Gasteiger partial charge in [-0.1, -0.05) is 6.92 Å². The Hall–Kier alpha value is -2.11. The van der Waals surface area contributed by atoms with E-state index in [0.717, 1.165) is 12.8 Å². The van der Waals surface area contributed by atoms with Crippen molar-refractivity contribution in [3.8, 4) is 0 Å². The van der Waals surface area contributed by atoms with Crippen molar-refractivity contribution in [2.45, 2.75) is 32.2 Å². The van der Waals surface area contributed by atoms with Gasteiger partial charge in [0.05, 0.1) is 12.1 Å². The first kappa shape index (κ1) is 13.3. The molecule has 1 aromatic heterocycles. The summed E-state index contributed by atoms with van der Waals surface area (Å²) in [5.41, 5.74) is 0.863. The predicted molar refractivity (Wildman–Crippen MR) is 70.2 cm³/mol. The van der Waals surface area contributed by atoms with Crippen molar-refractivity contribution in [3.63, 3.8) is 0 Å². The van der Waals surface area contributed by atoms with E-state index in [1.807, 2.05) is 6.92 Å². The normalized spacial score (nSPS) is 13.9. The summed E-state index contributed by atoms with van der Waals surface area (Å²) in [4.78, 5) is 26.7. The monoisotopic (exact) mass is 263 g/mol. The van der Waals surface area contributed by atoms with Gasteiger partial charge in [0.1, 0.15) is 5.82 Å². The molecule has 1 saturated carbocycles. The molecule has 0 aliphatic heterocycles. The van der Waals surface area contributed by atoms with Crippen molar-refractivity contribution < 1.29 is 14.7 Å². The maximum absolute atomic E-state index is 11.5. The number of hydrogen-bond acceptors (Lipinski definition) is 4. The molecule has 0 aromatic carbocycles. The van der Waals surface area contributed by atoms with Crippen molar-refractivity contribution in [2.75, 3.05) is 11.9 Å². The van der Waals surface area contributed by atoms with Crippen molar-refractivity contribution >= 4 is 17.7 Å². The Kier molecular flexibility index (Phi) is 3.99. The number of aromatic nitrogens is 1. The lowest BCUT2D eigenvalue weighted by Crippen LogP contribution is -2.31. The van der Waals surface area contributed by atoms with E-state index >= 15 is 0 Å². The van der Waals surface area contributed by atoms with Crippen LogP contribution in [0.5, 0.6) is 0 Å². The van der Waals surface area contributed by atoms with Gasteiger partial charge in [-0.05, 0) is 31.4 Å². The van der Waals surface area contributed by atoms with Gasteiger partial charge in [0, 0.05) is 11.7 Å². The number of rotatable bonds is 6. The maximum atomic E-state index is 11.5. The molecule has 1 fully saturated rings. The molecule has 1 aliphatic carbocycles. The number of carboxylic acids is 1. The van der Waals surface area contributed by atoms with Crippen LogP contribution in [-0.2, 0) is 11.2 Å². The summed E-state index contributed by atoms with van der Waals surface area (Å²) in [6, 6.07) is 3.29. The van der Waals surface area contributed by atoms with Gasteiger partial charge < -0.3 is 15.7 Å². The Morgan fingerprint density at radius 1 is 1.42 bits per heavy atom. The Morgan fingerprint density at radius 3 is 2.74 bits per heavy atom. The zero-order valence-corrected chi connectivity index (χ0v) is 10.8. The van der Waals surface area contributed by atoms with E-state index in [2.05, 4.69) is 15.6 Å². The average Bonchev–Trinajstić information content (AvgIpc) is 3.19. The van der Waals surface area contributed by atoms with Gasteiger partial charge in [0.2, 0.25) is 5.91 Å². The third-order valence-corrected chi connectivity index (χ3v) is 2.86. The highest BCUT2D eigenvalue weighted by Gasteiger charge is 2.22. The number of carbonyl (C=O) groups is 2. The predicted octanol–water partition coefficient (Wildman–Crippen LogP) is 1.03. The van der Waals surface area contributed by atoms with E-state index in [1.54, 1.807) is 0 Å². The van der Waals surface area contributed by atoms with Crippen LogP contribution in [0.4, 0.5) is 5.82 Å². The van der Waals surface area contributed by atoms with Gasteiger partial charge in [-0.2, -0.15) is 0 Å². The van der Waals surface area contributed by atoms with Gasteiger partial charge in [0.25, 0.3) is 0 Å². The molecular weight excluding hydrogens is 246 g/mol. The first-order chi connectivity index (χ1) is 9.08. The second-order valence-electron chi connectivity index (χ2n) is 4.59. The summed E-state index contributed by atoms with van der Waals surface area (Å²) >= 11 is 0. The molecule has 0 saturated heterocycles. The van der Waals surface area contributed by atoms with Gasteiger partial charge in [0.15, 0.2) is 0 Å². The number of carboxylic acid groups (broad SMARTS) is 1. The number of hydrogen-bond donors (Lipinski definition) is 3. The van der Waals surface area contributed by atoms with Crippen LogP contribution in [0.3, 0.4) is 0 Å². The average molecular weight is 263 g/mol.